The van der Waals surface area contributed by atoms with E-state index in [4.69, 9.17) is 4.74 Å². The van der Waals surface area contributed by atoms with Crippen molar-refractivity contribution in [3.8, 4) is 0 Å². The molecule has 0 aromatic carbocycles. The fraction of sp³-hybridized carbons (Fsp3) is 1.00. The molecule has 0 bridgehead atoms. The number of likely N-dealkylation sites (tertiary alicyclic amines) is 1. The summed E-state index contributed by atoms with van der Waals surface area (Å²) in [5.74, 6) is 0.791. The molecule has 0 aliphatic carbocycles. The molecular weight excluding hydrogens is 174 g/mol. The van der Waals surface area contributed by atoms with Gasteiger partial charge in [0.25, 0.3) is 0 Å². The van der Waals surface area contributed by atoms with E-state index in [0.717, 1.165) is 25.2 Å². The minimum Gasteiger partial charge on any atom is -0.381 e. The Morgan fingerprint density at radius 1 is 1.36 bits per heavy atom. The van der Waals surface area contributed by atoms with Crippen molar-refractivity contribution in [2.75, 3.05) is 26.8 Å². The summed E-state index contributed by atoms with van der Waals surface area (Å²) in [6.45, 7) is 8.04. The summed E-state index contributed by atoms with van der Waals surface area (Å²) in [7, 11) is 2.28. The number of piperidine rings is 1. The van der Waals surface area contributed by atoms with E-state index in [1.807, 2.05) is 0 Å². The zero-order valence-corrected chi connectivity index (χ0v) is 9.75. The maximum absolute atomic E-state index is 5.50. The highest BCUT2D eigenvalue weighted by Crippen LogP contribution is 2.37. The highest BCUT2D eigenvalue weighted by Gasteiger charge is 2.37. The van der Waals surface area contributed by atoms with E-state index >= 15 is 0 Å². The molecule has 2 heterocycles. The van der Waals surface area contributed by atoms with Crippen molar-refractivity contribution in [2.45, 2.75) is 39.2 Å². The summed E-state index contributed by atoms with van der Waals surface area (Å²) in [6.07, 6.45) is 3.95. The van der Waals surface area contributed by atoms with Gasteiger partial charge in [-0.2, -0.15) is 0 Å². The summed E-state index contributed by atoms with van der Waals surface area (Å²) in [6, 6.07) is 0.765. The predicted octanol–water partition coefficient (Wildman–Crippen LogP) is 2.14. The number of nitrogens with zero attached hydrogens (tertiary/aromatic N) is 1. The van der Waals surface area contributed by atoms with Crippen LogP contribution in [-0.2, 0) is 4.74 Å². The first-order valence-corrected chi connectivity index (χ1v) is 5.86. The molecule has 0 spiro atoms. The first-order valence-electron chi connectivity index (χ1n) is 5.86. The quantitative estimate of drug-likeness (QED) is 0.638. The third-order valence-corrected chi connectivity index (χ3v) is 3.98. The van der Waals surface area contributed by atoms with Crippen molar-refractivity contribution in [3.63, 3.8) is 0 Å². The number of ether oxygens (including phenoxy) is 1. The molecule has 2 heteroatoms. The summed E-state index contributed by atoms with van der Waals surface area (Å²) < 4.78 is 5.50. The number of hydrogen-bond acceptors (Lipinski definition) is 2. The zero-order chi connectivity index (χ0) is 10.2. The van der Waals surface area contributed by atoms with Gasteiger partial charge in [0, 0.05) is 12.6 Å². The van der Waals surface area contributed by atoms with E-state index in [0.29, 0.717) is 5.41 Å². The first kappa shape index (κ1) is 10.4. The second-order valence-corrected chi connectivity index (χ2v) is 5.79. The number of hydrogen-bond donors (Lipinski definition) is 0. The van der Waals surface area contributed by atoms with Crippen LogP contribution in [0, 0.1) is 11.3 Å². The lowest BCUT2D eigenvalue weighted by Crippen LogP contribution is -2.47. The summed E-state index contributed by atoms with van der Waals surface area (Å²) in [4.78, 5) is 2.55. The van der Waals surface area contributed by atoms with Crippen LogP contribution in [0.1, 0.15) is 33.1 Å². The molecule has 0 N–H and O–H groups in total. The standard InChI is InChI=1S/C12H23NO/c1-12(2)5-6-13(3)11(8-12)10-4-7-14-9-10/h10-11H,4-9H2,1-3H3. The van der Waals surface area contributed by atoms with Gasteiger partial charge in [0.2, 0.25) is 0 Å². The van der Waals surface area contributed by atoms with Gasteiger partial charge in [0.05, 0.1) is 6.61 Å². The van der Waals surface area contributed by atoms with Crippen molar-refractivity contribution in [1.82, 2.24) is 4.90 Å². The van der Waals surface area contributed by atoms with Gasteiger partial charge in [-0.1, -0.05) is 13.8 Å². The molecule has 0 aromatic heterocycles. The Morgan fingerprint density at radius 2 is 2.14 bits per heavy atom. The summed E-state index contributed by atoms with van der Waals surface area (Å²) in [5.41, 5.74) is 0.541. The van der Waals surface area contributed by atoms with Crippen LogP contribution in [0.25, 0.3) is 0 Å². The van der Waals surface area contributed by atoms with Crippen molar-refractivity contribution in [2.24, 2.45) is 11.3 Å². The van der Waals surface area contributed by atoms with Gasteiger partial charge in [-0.15, -0.1) is 0 Å². The SMILES string of the molecule is CN1CCC(C)(C)CC1C1CCOC1. The molecule has 0 amide bonds. The van der Waals surface area contributed by atoms with E-state index in [-0.39, 0.29) is 0 Å². The van der Waals surface area contributed by atoms with E-state index in [1.165, 1.54) is 25.8 Å². The van der Waals surface area contributed by atoms with E-state index in [9.17, 15) is 0 Å². The second kappa shape index (κ2) is 3.82. The second-order valence-electron chi connectivity index (χ2n) is 5.79. The topological polar surface area (TPSA) is 12.5 Å². The van der Waals surface area contributed by atoms with Crippen molar-refractivity contribution >= 4 is 0 Å². The van der Waals surface area contributed by atoms with Crippen LogP contribution in [0.4, 0.5) is 0 Å². The van der Waals surface area contributed by atoms with Gasteiger partial charge in [-0.3, -0.25) is 0 Å². The monoisotopic (exact) mass is 197 g/mol. The Morgan fingerprint density at radius 3 is 2.79 bits per heavy atom. The van der Waals surface area contributed by atoms with Crippen molar-refractivity contribution in [1.29, 1.82) is 0 Å². The fourth-order valence-electron chi connectivity index (χ4n) is 2.85. The smallest absolute Gasteiger partial charge is 0.0510 e. The average molecular weight is 197 g/mol. The lowest BCUT2D eigenvalue weighted by molar-refractivity contribution is 0.0503. The average Bonchev–Trinajstić information content (AvgIpc) is 2.62. The molecule has 0 radical (unpaired) electrons. The molecule has 2 aliphatic rings. The van der Waals surface area contributed by atoms with Crippen LogP contribution < -0.4 is 0 Å². The molecule has 82 valence electrons. The Balaban J connectivity index is 2.00. The van der Waals surface area contributed by atoms with Gasteiger partial charge in [0.15, 0.2) is 0 Å². The summed E-state index contributed by atoms with van der Waals surface area (Å²) in [5, 5.41) is 0. The largest absolute Gasteiger partial charge is 0.381 e. The molecule has 2 rings (SSSR count). The van der Waals surface area contributed by atoms with Crippen molar-refractivity contribution < 1.29 is 4.74 Å². The molecule has 0 aromatic rings. The Hall–Kier alpha value is -0.0800. The lowest BCUT2D eigenvalue weighted by atomic mass is 9.75. The molecule has 14 heavy (non-hydrogen) atoms. The molecule has 2 nitrogen and oxygen atoms in total. The summed E-state index contributed by atoms with van der Waals surface area (Å²) >= 11 is 0. The van der Waals surface area contributed by atoms with Gasteiger partial charge in [-0.25, -0.2) is 0 Å². The molecule has 2 atom stereocenters. The molecule has 0 saturated carbocycles. The van der Waals surface area contributed by atoms with Crippen LogP contribution in [0.2, 0.25) is 0 Å². The van der Waals surface area contributed by atoms with E-state index in [2.05, 4.69) is 25.8 Å². The normalized spacial score (nSPS) is 38.8. The number of rotatable bonds is 1. The fourth-order valence-corrected chi connectivity index (χ4v) is 2.85. The maximum Gasteiger partial charge on any atom is 0.0510 e. The molecule has 2 aliphatic heterocycles. The van der Waals surface area contributed by atoms with Gasteiger partial charge in [0.1, 0.15) is 0 Å². The van der Waals surface area contributed by atoms with Crippen LogP contribution in [0.5, 0.6) is 0 Å². The Bertz CT molecular complexity index is 196. The third-order valence-electron chi connectivity index (χ3n) is 3.98. The lowest BCUT2D eigenvalue weighted by Gasteiger charge is -2.44. The van der Waals surface area contributed by atoms with Gasteiger partial charge >= 0.3 is 0 Å². The predicted molar refractivity (Wildman–Crippen MR) is 58.4 cm³/mol. The third kappa shape index (κ3) is 2.12. The molecule has 2 fully saturated rings. The van der Waals surface area contributed by atoms with E-state index < -0.39 is 0 Å². The highest BCUT2D eigenvalue weighted by atomic mass is 16.5. The molecule has 2 unspecified atom stereocenters. The van der Waals surface area contributed by atoms with Crippen LogP contribution in [0.3, 0.4) is 0 Å². The first-order chi connectivity index (χ1) is 6.58. The van der Waals surface area contributed by atoms with Gasteiger partial charge < -0.3 is 9.64 Å². The Kier molecular flexibility index (Phi) is 2.85. The highest BCUT2D eigenvalue weighted by molar-refractivity contribution is 4.90. The zero-order valence-electron chi connectivity index (χ0n) is 9.75. The minimum absolute atomic E-state index is 0.541. The molecule has 2 saturated heterocycles. The van der Waals surface area contributed by atoms with Gasteiger partial charge in [-0.05, 0) is 44.2 Å². The van der Waals surface area contributed by atoms with Crippen molar-refractivity contribution in [3.05, 3.63) is 0 Å². The minimum atomic E-state index is 0.541. The maximum atomic E-state index is 5.50. The van der Waals surface area contributed by atoms with Crippen LogP contribution in [-0.4, -0.2) is 37.7 Å². The Labute approximate surface area is 87.6 Å². The van der Waals surface area contributed by atoms with E-state index in [1.54, 1.807) is 0 Å². The van der Waals surface area contributed by atoms with Crippen LogP contribution >= 0.6 is 0 Å². The van der Waals surface area contributed by atoms with Crippen LogP contribution in [0.15, 0.2) is 0 Å². The molecular formula is C12H23NO.